The van der Waals surface area contributed by atoms with Gasteiger partial charge < -0.3 is 5.32 Å². The topological polar surface area (TPSA) is 46.4 Å². The minimum atomic E-state index is -4.41. The van der Waals surface area contributed by atoms with E-state index in [0.29, 0.717) is 29.1 Å². The molecule has 2 aromatic heterocycles. The molecule has 0 radical (unpaired) electrons. The highest BCUT2D eigenvalue weighted by Crippen LogP contribution is 2.30. The lowest BCUT2D eigenvalue weighted by atomic mass is 10.2. The minimum Gasteiger partial charge on any atom is -0.321 e. The van der Waals surface area contributed by atoms with E-state index < -0.39 is 17.6 Å². The van der Waals surface area contributed by atoms with E-state index in [1.54, 1.807) is 10.6 Å². The number of alkyl halides is 3. The fraction of sp³-hybridized carbons (Fsp3) is 0.222. The molecule has 0 bridgehead atoms. The zero-order valence-electron chi connectivity index (χ0n) is 13.7. The summed E-state index contributed by atoms with van der Waals surface area (Å²) in [7, 11) is 0. The van der Waals surface area contributed by atoms with Crippen molar-refractivity contribution in [1.29, 1.82) is 0 Å². The van der Waals surface area contributed by atoms with E-state index in [-0.39, 0.29) is 0 Å². The highest BCUT2D eigenvalue weighted by molar-refractivity contribution is 6.04. The molecular weight excluding hydrogens is 331 g/mol. The van der Waals surface area contributed by atoms with Gasteiger partial charge in [0, 0.05) is 11.9 Å². The molecule has 1 aromatic carbocycles. The Labute approximate surface area is 142 Å². The van der Waals surface area contributed by atoms with Crippen LogP contribution in [0.2, 0.25) is 0 Å². The second-order valence-electron chi connectivity index (χ2n) is 5.72. The van der Waals surface area contributed by atoms with Crippen molar-refractivity contribution in [3.05, 3.63) is 65.1 Å². The van der Waals surface area contributed by atoms with Gasteiger partial charge in [-0.15, -0.1) is 0 Å². The highest BCUT2D eigenvalue weighted by atomic mass is 19.4. The maximum atomic E-state index is 12.6. The monoisotopic (exact) mass is 347 g/mol. The van der Waals surface area contributed by atoms with Crippen molar-refractivity contribution in [3.8, 4) is 0 Å². The van der Waals surface area contributed by atoms with Gasteiger partial charge in [0.2, 0.25) is 0 Å². The summed E-state index contributed by atoms with van der Waals surface area (Å²) >= 11 is 0. The predicted octanol–water partition coefficient (Wildman–Crippen LogP) is 4.48. The lowest BCUT2D eigenvalue weighted by Gasteiger charge is -2.09. The van der Waals surface area contributed by atoms with Crippen LogP contribution in [0, 0.1) is 6.92 Å². The average molecular weight is 347 g/mol. The van der Waals surface area contributed by atoms with Crippen molar-refractivity contribution in [2.45, 2.75) is 26.4 Å². The van der Waals surface area contributed by atoms with E-state index in [9.17, 15) is 18.0 Å². The number of halogens is 3. The summed E-state index contributed by atoms with van der Waals surface area (Å²) in [5.74, 6) is -0.409. The number of carbonyl (C=O) groups excluding carboxylic acids is 1. The van der Waals surface area contributed by atoms with Gasteiger partial charge in [-0.2, -0.15) is 13.2 Å². The van der Waals surface area contributed by atoms with Crippen LogP contribution in [0.15, 0.2) is 42.6 Å². The SMILES string of the molecule is CCc1nc2cc(C)ccn2c1C(=O)Nc1ccc(C(F)(F)F)cc1. The molecule has 25 heavy (non-hydrogen) atoms. The summed E-state index contributed by atoms with van der Waals surface area (Å²) in [6.07, 6.45) is -2.08. The molecule has 1 N–H and O–H groups in total. The molecule has 0 aliphatic carbocycles. The van der Waals surface area contributed by atoms with Crippen LogP contribution in [0.25, 0.3) is 5.65 Å². The number of hydrogen-bond acceptors (Lipinski definition) is 2. The molecule has 0 saturated heterocycles. The van der Waals surface area contributed by atoms with Crippen LogP contribution in [-0.4, -0.2) is 15.3 Å². The summed E-state index contributed by atoms with van der Waals surface area (Å²) in [5.41, 5.74) is 2.24. The number of rotatable bonds is 3. The molecule has 2 heterocycles. The molecule has 0 saturated carbocycles. The molecule has 1 amide bonds. The number of nitrogens with one attached hydrogen (secondary N) is 1. The second-order valence-corrected chi connectivity index (χ2v) is 5.72. The summed E-state index contributed by atoms with van der Waals surface area (Å²) in [6, 6.07) is 8.08. The lowest BCUT2D eigenvalue weighted by Crippen LogP contribution is -2.16. The lowest BCUT2D eigenvalue weighted by molar-refractivity contribution is -0.137. The third kappa shape index (κ3) is 3.35. The number of benzene rings is 1. The molecule has 3 aromatic rings. The first-order valence-electron chi connectivity index (χ1n) is 7.76. The first kappa shape index (κ1) is 17.0. The van der Waals surface area contributed by atoms with Crippen LogP contribution >= 0.6 is 0 Å². The molecule has 7 heteroatoms. The summed E-state index contributed by atoms with van der Waals surface area (Å²) in [5, 5.41) is 2.64. The van der Waals surface area contributed by atoms with Crippen molar-refractivity contribution in [2.24, 2.45) is 0 Å². The van der Waals surface area contributed by atoms with E-state index in [0.717, 1.165) is 17.7 Å². The number of hydrogen-bond donors (Lipinski definition) is 1. The maximum absolute atomic E-state index is 12.6. The summed E-state index contributed by atoms with van der Waals surface area (Å²) in [6.45, 7) is 3.83. The van der Waals surface area contributed by atoms with Crippen molar-refractivity contribution in [2.75, 3.05) is 5.32 Å². The van der Waals surface area contributed by atoms with Gasteiger partial charge in [-0.3, -0.25) is 9.20 Å². The van der Waals surface area contributed by atoms with Gasteiger partial charge in [0.05, 0.1) is 11.3 Å². The number of aromatic nitrogens is 2. The van der Waals surface area contributed by atoms with E-state index in [1.165, 1.54) is 12.1 Å². The van der Waals surface area contributed by atoms with Crippen molar-refractivity contribution in [1.82, 2.24) is 9.38 Å². The smallest absolute Gasteiger partial charge is 0.321 e. The molecule has 0 atom stereocenters. The van der Waals surface area contributed by atoms with Crippen LogP contribution < -0.4 is 5.32 Å². The van der Waals surface area contributed by atoms with Gasteiger partial charge in [0.1, 0.15) is 11.3 Å². The fourth-order valence-electron chi connectivity index (χ4n) is 2.62. The minimum absolute atomic E-state index is 0.294. The quantitative estimate of drug-likeness (QED) is 0.759. The highest BCUT2D eigenvalue weighted by Gasteiger charge is 2.30. The Morgan fingerprint density at radius 1 is 1.20 bits per heavy atom. The standard InChI is InChI=1S/C18H16F3N3O/c1-3-14-16(24-9-8-11(2)10-15(24)23-14)17(25)22-13-6-4-12(5-7-13)18(19,20)21/h4-10H,3H2,1-2H3,(H,22,25). The van der Waals surface area contributed by atoms with E-state index in [1.807, 2.05) is 26.0 Å². The normalized spacial score (nSPS) is 11.7. The van der Waals surface area contributed by atoms with Gasteiger partial charge in [0.15, 0.2) is 0 Å². The third-order valence-electron chi connectivity index (χ3n) is 3.87. The molecular formula is C18H16F3N3O. The molecule has 0 aliphatic rings. The Kier molecular flexibility index (Phi) is 4.24. The molecule has 0 spiro atoms. The molecule has 0 unspecified atom stereocenters. The zero-order valence-corrected chi connectivity index (χ0v) is 13.7. The van der Waals surface area contributed by atoms with Crippen LogP contribution in [-0.2, 0) is 12.6 Å². The van der Waals surface area contributed by atoms with Crippen LogP contribution in [0.5, 0.6) is 0 Å². The Hall–Kier alpha value is -2.83. The van der Waals surface area contributed by atoms with Crippen molar-refractivity contribution >= 4 is 17.2 Å². The fourth-order valence-corrected chi connectivity index (χ4v) is 2.62. The number of fused-ring (bicyclic) bond motifs is 1. The van der Waals surface area contributed by atoms with Gasteiger partial charge in [-0.05, 0) is 55.3 Å². The summed E-state index contributed by atoms with van der Waals surface area (Å²) in [4.78, 5) is 17.1. The van der Waals surface area contributed by atoms with Gasteiger partial charge in [-0.25, -0.2) is 4.98 Å². The first-order valence-corrected chi connectivity index (χ1v) is 7.76. The molecule has 4 nitrogen and oxygen atoms in total. The van der Waals surface area contributed by atoms with Crippen molar-refractivity contribution in [3.63, 3.8) is 0 Å². The Bertz CT molecular complexity index is 927. The second kappa shape index (κ2) is 6.23. The maximum Gasteiger partial charge on any atom is 0.416 e. The largest absolute Gasteiger partial charge is 0.416 e. The van der Waals surface area contributed by atoms with E-state index in [4.69, 9.17) is 0 Å². The third-order valence-corrected chi connectivity index (χ3v) is 3.87. The number of carbonyl (C=O) groups is 1. The average Bonchev–Trinajstić information content (AvgIpc) is 2.92. The Balaban J connectivity index is 1.92. The predicted molar refractivity (Wildman–Crippen MR) is 88.7 cm³/mol. The number of nitrogens with zero attached hydrogens (tertiary/aromatic N) is 2. The van der Waals surface area contributed by atoms with Crippen LogP contribution in [0.4, 0.5) is 18.9 Å². The number of pyridine rings is 1. The molecule has 0 aliphatic heterocycles. The first-order chi connectivity index (χ1) is 11.8. The number of anilines is 1. The van der Waals surface area contributed by atoms with Crippen molar-refractivity contribution < 1.29 is 18.0 Å². The van der Waals surface area contributed by atoms with E-state index in [2.05, 4.69) is 10.3 Å². The van der Waals surface area contributed by atoms with E-state index >= 15 is 0 Å². The molecule has 130 valence electrons. The van der Waals surface area contributed by atoms with Gasteiger partial charge in [0.25, 0.3) is 5.91 Å². The zero-order chi connectivity index (χ0) is 18.2. The number of amides is 1. The number of aryl methyl sites for hydroxylation is 2. The van der Waals surface area contributed by atoms with Crippen LogP contribution in [0.1, 0.15) is 34.2 Å². The summed E-state index contributed by atoms with van der Waals surface area (Å²) < 4.78 is 39.5. The van der Waals surface area contributed by atoms with Gasteiger partial charge in [-0.1, -0.05) is 6.92 Å². The Morgan fingerprint density at radius 2 is 1.88 bits per heavy atom. The van der Waals surface area contributed by atoms with Gasteiger partial charge >= 0.3 is 6.18 Å². The van der Waals surface area contributed by atoms with Crippen LogP contribution in [0.3, 0.4) is 0 Å². The number of imidazole rings is 1. The molecule has 0 fully saturated rings. The molecule has 3 rings (SSSR count). The Morgan fingerprint density at radius 3 is 2.48 bits per heavy atom.